The normalized spacial score (nSPS) is 36.4. The van der Waals surface area contributed by atoms with E-state index in [-0.39, 0.29) is 0 Å². The second-order valence-electron chi connectivity index (χ2n) is 6.69. The lowest BCUT2D eigenvalue weighted by atomic mass is 9.86. The van der Waals surface area contributed by atoms with Gasteiger partial charge in [0.25, 0.3) is 0 Å². The summed E-state index contributed by atoms with van der Waals surface area (Å²) in [7, 11) is 0. The Balaban J connectivity index is 1.80. The molecule has 0 radical (unpaired) electrons. The van der Waals surface area contributed by atoms with Gasteiger partial charge in [-0.1, -0.05) is 20.8 Å². The van der Waals surface area contributed by atoms with Crippen molar-refractivity contribution in [2.75, 3.05) is 19.6 Å². The van der Waals surface area contributed by atoms with E-state index in [1.165, 1.54) is 51.7 Å². The van der Waals surface area contributed by atoms with Crippen LogP contribution in [0.3, 0.4) is 0 Å². The first-order chi connectivity index (χ1) is 8.15. The van der Waals surface area contributed by atoms with Crippen molar-refractivity contribution in [2.24, 2.45) is 11.8 Å². The quantitative estimate of drug-likeness (QED) is 0.813. The van der Waals surface area contributed by atoms with Gasteiger partial charge in [0.2, 0.25) is 0 Å². The van der Waals surface area contributed by atoms with E-state index in [4.69, 9.17) is 0 Å². The van der Waals surface area contributed by atoms with E-state index >= 15 is 0 Å². The van der Waals surface area contributed by atoms with Crippen LogP contribution in [0.1, 0.15) is 52.9 Å². The molecule has 0 spiro atoms. The smallest absolute Gasteiger partial charge is 0.0198 e. The predicted octanol–water partition coefficient (Wildman–Crippen LogP) is 2.89. The molecule has 1 atom stereocenters. The first kappa shape index (κ1) is 13.4. The highest BCUT2D eigenvalue weighted by Crippen LogP contribution is 2.28. The molecule has 2 rings (SSSR count). The zero-order valence-corrected chi connectivity index (χ0v) is 11.9. The molecule has 1 heterocycles. The second kappa shape index (κ2) is 6.19. The number of hydrogen-bond donors (Lipinski definition) is 1. The van der Waals surface area contributed by atoms with Gasteiger partial charge in [0.15, 0.2) is 0 Å². The number of nitrogens with one attached hydrogen (secondary N) is 1. The minimum atomic E-state index is 0.739. The van der Waals surface area contributed by atoms with E-state index < -0.39 is 0 Å². The van der Waals surface area contributed by atoms with E-state index in [9.17, 15) is 0 Å². The van der Waals surface area contributed by atoms with E-state index in [1.807, 2.05) is 0 Å². The van der Waals surface area contributed by atoms with Crippen molar-refractivity contribution in [3.05, 3.63) is 0 Å². The fourth-order valence-corrected chi connectivity index (χ4v) is 3.52. The first-order valence-electron chi connectivity index (χ1n) is 7.62. The highest BCUT2D eigenvalue weighted by molar-refractivity contribution is 4.85. The van der Waals surface area contributed by atoms with Crippen molar-refractivity contribution in [2.45, 2.75) is 65.0 Å². The molecule has 0 amide bonds. The molecule has 0 aromatic rings. The van der Waals surface area contributed by atoms with Gasteiger partial charge < -0.3 is 5.32 Å². The maximum Gasteiger partial charge on any atom is 0.0198 e. The summed E-state index contributed by atoms with van der Waals surface area (Å²) in [4.78, 5) is 2.77. The molecule has 1 saturated carbocycles. The maximum absolute atomic E-state index is 3.69. The molecule has 2 nitrogen and oxygen atoms in total. The molecule has 2 aliphatic rings. The molecular formula is C15H30N2. The van der Waals surface area contributed by atoms with Crippen LogP contribution in [0.5, 0.6) is 0 Å². The molecule has 1 unspecified atom stereocenters. The molecule has 0 aromatic carbocycles. The summed E-state index contributed by atoms with van der Waals surface area (Å²) in [5.41, 5.74) is 0. The molecule has 0 bridgehead atoms. The Morgan fingerprint density at radius 1 is 1.18 bits per heavy atom. The number of nitrogens with zero attached hydrogens (tertiary/aromatic N) is 1. The number of hydrogen-bond acceptors (Lipinski definition) is 2. The van der Waals surface area contributed by atoms with Crippen LogP contribution < -0.4 is 5.32 Å². The topological polar surface area (TPSA) is 15.3 Å². The van der Waals surface area contributed by atoms with Gasteiger partial charge in [-0.15, -0.1) is 0 Å². The van der Waals surface area contributed by atoms with Crippen LogP contribution >= 0.6 is 0 Å². The maximum atomic E-state index is 3.69. The largest absolute Gasteiger partial charge is 0.311 e. The molecular weight excluding hydrogens is 208 g/mol. The predicted molar refractivity (Wildman–Crippen MR) is 74.2 cm³/mol. The minimum Gasteiger partial charge on any atom is -0.311 e. The monoisotopic (exact) mass is 238 g/mol. The minimum absolute atomic E-state index is 0.739. The summed E-state index contributed by atoms with van der Waals surface area (Å²) in [5, 5.41) is 3.69. The van der Waals surface area contributed by atoms with E-state index in [0.29, 0.717) is 0 Å². The van der Waals surface area contributed by atoms with Gasteiger partial charge in [-0.2, -0.15) is 0 Å². The lowest BCUT2D eigenvalue weighted by Crippen LogP contribution is -2.54. The summed E-state index contributed by atoms with van der Waals surface area (Å²) in [6.45, 7) is 10.8. The number of rotatable bonds is 3. The third-order valence-corrected chi connectivity index (χ3v) is 4.54. The highest BCUT2D eigenvalue weighted by atomic mass is 15.2. The van der Waals surface area contributed by atoms with Crippen LogP contribution in [0.4, 0.5) is 0 Å². The van der Waals surface area contributed by atoms with Gasteiger partial charge in [0.05, 0.1) is 0 Å². The average molecular weight is 238 g/mol. The summed E-state index contributed by atoms with van der Waals surface area (Å²) in [6, 6.07) is 1.63. The Morgan fingerprint density at radius 3 is 2.53 bits per heavy atom. The Bertz CT molecular complexity index is 219. The molecule has 2 fully saturated rings. The lowest BCUT2D eigenvalue weighted by molar-refractivity contribution is 0.0991. The van der Waals surface area contributed by atoms with Gasteiger partial charge >= 0.3 is 0 Å². The standard InChI is InChI=1S/C15H30N2/c1-12(2)10-14-11-17(9-8-16-14)15-6-4-13(3)5-7-15/h12-16H,4-11H2,1-3H3. The van der Waals surface area contributed by atoms with Crippen molar-refractivity contribution in [1.82, 2.24) is 10.2 Å². The van der Waals surface area contributed by atoms with Crippen LogP contribution in [0, 0.1) is 11.8 Å². The van der Waals surface area contributed by atoms with Gasteiger partial charge in [-0.3, -0.25) is 4.90 Å². The van der Waals surface area contributed by atoms with Gasteiger partial charge in [0, 0.05) is 31.7 Å². The third kappa shape index (κ3) is 3.96. The van der Waals surface area contributed by atoms with E-state index in [1.54, 1.807) is 0 Å². The van der Waals surface area contributed by atoms with Crippen LogP contribution in [-0.2, 0) is 0 Å². The molecule has 1 aliphatic heterocycles. The van der Waals surface area contributed by atoms with Crippen molar-refractivity contribution >= 4 is 0 Å². The Hall–Kier alpha value is -0.0800. The molecule has 1 saturated heterocycles. The summed E-state index contributed by atoms with van der Waals surface area (Å²) in [5.74, 6) is 1.79. The molecule has 1 N–H and O–H groups in total. The average Bonchev–Trinajstić information content (AvgIpc) is 2.29. The van der Waals surface area contributed by atoms with Crippen molar-refractivity contribution < 1.29 is 0 Å². The molecule has 0 aromatic heterocycles. The Labute approximate surface area is 107 Å². The van der Waals surface area contributed by atoms with Crippen LogP contribution in [0.25, 0.3) is 0 Å². The van der Waals surface area contributed by atoms with Crippen LogP contribution in [0.15, 0.2) is 0 Å². The second-order valence-corrected chi connectivity index (χ2v) is 6.69. The highest BCUT2D eigenvalue weighted by Gasteiger charge is 2.28. The summed E-state index contributed by atoms with van der Waals surface area (Å²) >= 11 is 0. The number of piperazine rings is 1. The van der Waals surface area contributed by atoms with Gasteiger partial charge in [0.1, 0.15) is 0 Å². The first-order valence-corrected chi connectivity index (χ1v) is 7.62. The summed E-state index contributed by atoms with van der Waals surface area (Å²) < 4.78 is 0. The molecule has 17 heavy (non-hydrogen) atoms. The zero-order valence-electron chi connectivity index (χ0n) is 11.9. The Kier molecular flexibility index (Phi) is 4.87. The zero-order chi connectivity index (χ0) is 12.3. The lowest BCUT2D eigenvalue weighted by Gasteiger charge is -2.42. The molecule has 1 aliphatic carbocycles. The van der Waals surface area contributed by atoms with Gasteiger partial charge in [-0.05, 0) is 43.9 Å². The summed E-state index contributed by atoms with van der Waals surface area (Å²) in [6.07, 6.45) is 7.11. The fraction of sp³-hybridized carbons (Fsp3) is 1.00. The van der Waals surface area contributed by atoms with Crippen LogP contribution in [-0.4, -0.2) is 36.6 Å². The fourth-order valence-electron chi connectivity index (χ4n) is 3.52. The molecule has 2 heteroatoms. The van der Waals surface area contributed by atoms with E-state index in [2.05, 4.69) is 31.0 Å². The van der Waals surface area contributed by atoms with Crippen LogP contribution in [0.2, 0.25) is 0 Å². The van der Waals surface area contributed by atoms with Crippen molar-refractivity contribution in [3.63, 3.8) is 0 Å². The van der Waals surface area contributed by atoms with E-state index in [0.717, 1.165) is 23.9 Å². The van der Waals surface area contributed by atoms with Crippen molar-refractivity contribution in [3.8, 4) is 0 Å². The van der Waals surface area contributed by atoms with Gasteiger partial charge in [-0.25, -0.2) is 0 Å². The van der Waals surface area contributed by atoms with Crippen molar-refractivity contribution in [1.29, 1.82) is 0 Å². The third-order valence-electron chi connectivity index (χ3n) is 4.54. The SMILES string of the molecule is CC(C)CC1CN(C2CCC(C)CC2)CCN1. The molecule has 100 valence electrons. The Morgan fingerprint density at radius 2 is 1.88 bits per heavy atom.